The number of ether oxygens (including phenoxy) is 2. The zero-order valence-electron chi connectivity index (χ0n) is 10.7. The van der Waals surface area contributed by atoms with Crippen molar-refractivity contribution in [3.05, 3.63) is 35.4 Å². The van der Waals surface area contributed by atoms with Gasteiger partial charge in [0, 0.05) is 18.2 Å². The highest BCUT2D eigenvalue weighted by molar-refractivity contribution is 5.85. The Kier molecular flexibility index (Phi) is 5.94. The monoisotopic (exact) mass is 250 g/mol. The van der Waals surface area contributed by atoms with E-state index in [4.69, 9.17) is 14.6 Å². The van der Waals surface area contributed by atoms with E-state index in [9.17, 15) is 4.79 Å². The van der Waals surface area contributed by atoms with Gasteiger partial charge in [-0.1, -0.05) is 13.0 Å². The Bertz CT molecular complexity index is 424. The predicted octanol–water partition coefficient (Wildman–Crippen LogP) is 2.72. The third kappa shape index (κ3) is 4.59. The van der Waals surface area contributed by atoms with Crippen LogP contribution in [0.4, 0.5) is 0 Å². The minimum absolute atomic E-state index is 0.464. The summed E-state index contributed by atoms with van der Waals surface area (Å²) in [5.74, 6) is -0.215. The number of methoxy groups -OCH3 is 1. The molecule has 1 aromatic carbocycles. The van der Waals surface area contributed by atoms with Crippen molar-refractivity contribution in [2.24, 2.45) is 0 Å². The maximum Gasteiger partial charge on any atom is 0.328 e. The highest BCUT2D eigenvalue weighted by Crippen LogP contribution is 2.21. The fraction of sp³-hybridized carbons (Fsp3) is 0.357. The highest BCUT2D eigenvalue weighted by Gasteiger charge is 2.03. The van der Waals surface area contributed by atoms with Gasteiger partial charge < -0.3 is 14.6 Å². The van der Waals surface area contributed by atoms with Crippen LogP contribution in [0.5, 0.6) is 5.75 Å². The predicted molar refractivity (Wildman–Crippen MR) is 69.6 cm³/mol. The van der Waals surface area contributed by atoms with E-state index in [1.165, 1.54) is 0 Å². The first-order valence-electron chi connectivity index (χ1n) is 5.83. The number of carboxylic acid groups (broad SMARTS) is 1. The molecule has 0 bridgehead atoms. The Morgan fingerprint density at radius 3 is 2.83 bits per heavy atom. The van der Waals surface area contributed by atoms with Gasteiger partial charge in [0.1, 0.15) is 5.75 Å². The van der Waals surface area contributed by atoms with Crippen LogP contribution in [0.2, 0.25) is 0 Å². The quantitative estimate of drug-likeness (QED) is 0.597. The van der Waals surface area contributed by atoms with Crippen LogP contribution in [0, 0.1) is 0 Å². The van der Waals surface area contributed by atoms with Crippen LogP contribution in [-0.2, 0) is 16.1 Å². The van der Waals surface area contributed by atoms with Crippen molar-refractivity contribution in [3.63, 3.8) is 0 Å². The summed E-state index contributed by atoms with van der Waals surface area (Å²) in [5.41, 5.74) is 1.73. The first-order valence-corrected chi connectivity index (χ1v) is 5.83. The molecule has 0 spiro atoms. The number of carbonyl (C=O) groups is 1. The first kappa shape index (κ1) is 14.3. The van der Waals surface area contributed by atoms with Crippen molar-refractivity contribution < 1.29 is 19.4 Å². The van der Waals surface area contributed by atoms with Crippen LogP contribution >= 0.6 is 0 Å². The average molecular weight is 250 g/mol. The first-order chi connectivity index (χ1) is 8.67. The molecule has 0 heterocycles. The molecule has 0 fully saturated rings. The second-order valence-electron chi connectivity index (χ2n) is 3.80. The molecule has 0 aliphatic heterocycles. The molecule has 0 unspecified atom stereocenters. The zero-order valence-corrected chi connectivity index (χ0v) is 10.7. The Morgan fingerprint density at radius 2 is 2.22 bits per heavy atom. The summed E-state index contributed by atoms with van der Waals surface area (Å²) in [5, 5.41) is 8.58. The van der Waals surface area contributed by atoms with Crippen LogP contribution in [0.1, 0.15) is 24.5 Å². The van der Waals surface area contributed by atoms with Gasteiger partial charge in [0.25, 0.3) is 0 Å². The van der Waals surface area contributed by atoms with Crippen molar-refractivity contribution in [1.82, 2.24) is 0 Å². The summed E-state index contributed by atoms with van der Waals surface area (Å²) in [6, 6.07) is 5.49. The minimum atomic E-state index is -0.963. The number of benzene rings is 1. The van der Waals surface area contributed by atoms with Gasteiger partial charge in [-0.05, 0) is 30.2 Å². The molecule has 1 aromatic rings. The molecule has 0 aliphatic rings. The third-order valence-electron chi connectivity index (χ3n) is 2.33. The van der Waals surface area contributed by atoms with Crippen molar-refractivity contribution in [3.8, 4) is 5.75 Å². The van der Waals surface area contributed by atoms with E-state index in [0.29, 0.717) is 13.2 Å². The molecule has 0 atom stereocenters. The largest absolute Gasteiger partial charge is 0.496 e. The maximum atomic E-state index is 10.5. The Hall–Kier alpha value is -1.81. The van der Waals surface area contributed by atoms with Crippen LogP contribution in [-0.4, -0.2) is 24.8 Å². The number of carboxylic acids is 1. The van der Waals surface area contributed by atoms with E-state index in [2.05, 4.69) is 0 Å². The van der Waals surface area contributed by atoms with Crippen LogP contribution in [0.3, 0.4) is 0 Å². The molecule has 0 saturated carbocycles. The molecule has 0 radical (unpaired) electrons. The lowest BCUT2D eigenvalue weighted by Gasteiger charge is -2.09. The molecule has 0 saturated heterocycles. The topological polar surface area (TPSA) is 55.8 Å². The van der Waals surface area contributed by atoms with Crippen LogP contribution < -0.4 is 4.74 Å². The van der Waals surface area contributed by atoms with E-state index in [1.807, 2.05) is 25.1 Å². The summed E-state index contributed by atoms with van der Waals surface area (Å²) in [7, 11) is 1.60. The van der Waals surface area contributed by atoms with Gasteiger partial charge >= 0.3 is 5.97 Å². The normalized spacial score (nSPS) is 10.8. The Labute approximate surface area is 107 Å². The average Bonchev–Trinajstić information content (AvgIpc) is 2.37. The smallest absolute Gasteiger partial charge is 0.328 e. The maximum absolute atomic E-state index is 10.5. The minimum Gasteiger partial charge on any atom is -0.496 e. The molecule has 1 rings (SSSR count). The van der Waals surface area contributed by atoms with Gasteiger partial charge in [0.15, 0.2) is 0 Å². The molecule has 4 heteroatoms. The summed E-state index contributed by atoms with van der Waals surface area (Å²) in [6.45, 7) is 3.20. The van der Waals surface area contributed by atoms with Gasteiger partial charge in [-0.25, -0.2) is 4.79 Å². The van der Waals surface area contributed by atoms with Crippen molar-refractivity contribution in [2.45, 2.75) is 20.0 Å². The fourth-order valence-electron chi connectivity index (χ4n) is 1.51. The second kappa shape index (κ2) is 7.50. The van der Waals surface area contributed by atoms with Gasteiger partial charge in [-0.2, -0.15) is 0 Å². The number of hydrogen-bond donors (Lipinski definition) is 1. The van der Waals surface area contributed by atoms with E-state index in [1.54, 1.807) is 13.2 Å². The summed E-state index contributed by atoms with van der Waals surface area (Å²) < 4.78 is 10.7. The Balaban J connectivity index is 2.83. The summed E-state index contributed by atoms with van der Waals surface area (Å²) in [4.78, 5) is 10.5. The lowest BCUT2D eigenvalue weighted by atomic mass is 10.1. The standard InChI is InChI=1S/C14H18O4/c1-3-8-18-10-12-9-11(5-7-14(15)16)4-6-13(12)17-2/h4-7,9H,3,8,10H2,1-2H3,(H,15,16). The highest BCUT2D eigenvalue weighted by atomic mass is 16.5. The van der Waals surface area contributed by atoms with Crippen LogP contribution in [0.25, 0.3) is 6.08 Å². The molecule has 4 nitrogen and oxygen atoms in total. The molecule has 1 N–H and O–H groups in total. The fourth-order valence-corrected chi connectivity index (χ4v) is 1.51. The van der Waals surface area contributed by atoms with Crippen molar-refractivity contribution in [2.75, 3.05) is 13.7 Å². The molecule has 98 valence electrons. The molecule has 0 aromatic heterocycles. The molecule has 18 heavy (non-hydrogen) atoms. The summed E-state index contributed by atoms with van der Waals surface area (Å²) in [6.07, 6.45) is 3.62. The SMILES string of the molecule is CCCOCc1cc(C=CC(=O)O)ccc1OC. The number of aliphatic carboxylic acids is 1. The van der Waals surface area contributed by atoms with Crippen molar-refractivity contribution >= 4 is 12.0 Å². The third-order valence-corrected chi connectivity index (χ3v) is 2.33. The van der Waals surface area contributed by atoms with E-state index in [0.717, 1.165) is 29.4 Å². The number of hydrogen-bond acceptors (Lipinski definition) is 3. The van der Waals surface area contributed by atoms with Gasteiger partial charge in [0.05, 0.1) is 13.7 Å². The Morgan fingerprint density at radius 1 is 1.44 bits per heavy atom. The second-order valence-corrected chi connectivity index (χ2v) is 3.80. The molecule has 0 aliphatic carbocycles. The van der Waals surface area contributed by atoms with Gasteiger partial charge in [-0.3, -0.25) is 0 Å². The van der Waals surface area contributed by atoms with Crippen LogP contribution in [0.15, 0.2) is 24.3 Å². The lowest BCUT2D eigenvalue weighted by Crippen LogP contribution is -1.98. The zero-order chi connectivity index (χ0) is 13.4. The molecular formula is C14H18O4. The lowest BCUT2D eigenvalue weighted by molar-refractivity contribution is -0.131. The molecule has 0 amide bonds. The van der Waals surface area contributed by atoms with E-state index >= 15 is 0 Å². The van der Waals surface area contributed by atoms with Crippen molar-refractivity contribution in [1.29, 1.82) is 0 Å². The molecular weight excluding hydrogens is 232 g/mol. The summed E-state index contributed by atoms with van der Waals surface area (Å²) >= 11 is 0. The number of rotatable bonds is 7. The van der Waals surface area contributed by atoms with Gasteiger partial charge in [-0.15, -0.1) is 0 Å². The van der Waals surface area contributed by atoms with Gasteiger partial charge in [0.2, 0.25) is 0 Å². The van der Waals surface area contributed by atoms with E-state index in [-0.39, 0.29) is 0 Å². The van der Waals surface area contributed by atoms with E-state index < -0.39 is 5.97 Å².